The molecule has 2 rings (SSSR count). The molecule has 2 unspecified atom stereocenters. The molecule has 0 heterocycles. The van der Waals surface area contributed by atoms with Crippen molar-refractivity contribution in [2.24, 2.45) is 0 Å². The molecule has 1 aliphatic carbocycles. The first-order chi connectivity index (χ1) is 7.70. The summed E-state index contributed by atoms with van der Waals surface area (Å²) in [6.45, 7) is 0. The van der Waals surface area contributed by atoms with E-state index >= 15 is 0 Å². The SMILES string of the molecule is CSC1CCCC1Nc1ccc(F)cc1N. The average molecular weight is 240 g/mol. The summed E-state index contributed by atoms with van der Waals surface area (Å²) in [7, 11) is 0. The maximum absolute atomic E-state index is 12.9. The van der Waals surface area contributed by atoms with Crippen molar-refractivity contribution in [1.29, 1.82) is 0 Å². The number of anilines is 2. The maximum Gasteiger partial charge on any atom is 0.125 e. The van der Waals surface area contributed by atoms with Crippen LogP contribution in [0.3, 0.4) is 0 Å². The van der Waals surface area contributed by atoms with Gasteiger partial charge in [0.2, 0.25) is 0 Å². The molecule has 1 aromatic carbocycles. The molecule has 1 aromatic rings. The lowest BCUT2D eigenvalue weighted by molar-refractivity contribution is 0.628. The third-order valence-electron chi connectivity index (χ3n) is 3.11. The highest BCUT2D eigenvalue weighted by molar-refractivity contribution is 7.99. The molecule has 0 aliphatic heterocycles. The minimum absolute atomic E-state index is 0.282. The van der Waals surface area contributed by atoms with Crippen molar-refractivity contribution in [2.45, 2.75) is 30.6 Å². The molecular weight excluding hydrogens is 223 g/mol. The first-order valence-corrected chi connectivity index (χ1v) is 6.84. The fraction of sp³-hybridized carbons (Fsp3) is 0.500. The van der Waals surface area contributed by atoms with Crippen LogP contribution in [0.4, 0.5) is 15.8 Å². The van der Waals surface area contributed by atoms with E-state index < -0.39 is 0 Å². The summed E-state index contributed by atoms with van der Waals surface area (Å²) < 4.78 is 12.9. The van der Waals surface area contributed by atoms with Gasteiger partial charge < -0.3 is 11.1 Å². The van der Waals surface area contributed by atoms with Gasteiger partial charge in [0.25, 0.3) is 0 Å². The summed E-state index contributed by atoms with van der Waals surface area (Å²) in [4.78, 5) is 0. The minimum atomic E-state index is -0.282. The Morgan fingerprint density at radius 2 is 2.25 bits per heavy atom. The van der Waals surface area contributed by atoms with Crippen molar-refractivity contribution >= 4 is 23.1 Å². The van der Waals surface area contributed by atoms with E-state index in [1.54, 1.807) is 6.07 Å². The monoisotopic (exact) mass is 240 g/mol. The Morgan fingerprint density at radius 3 is 2.94 bits per heavy atom. The second kappa shape index (κ2) is 4.95. The van der Waals surface area contributed by atoms with Gasteiger partial charge in [0.05, 0.1) is 11.4 Å². The number of nitrogens with one attached hydrogen (secondary N) is 1. The molecule has 0 amide bonds. The van der Waals surface area contributed by atoms with Gasteiger partial charge in [-0.05, 0) is 37.3 Å². The standard InChI is InChI=1S/C12H17FN2S/c1-16-12-4-2-3-11(12)15-10-6-5-8(13)7-9(10)14/h5-7,11-12,15H,2-4,14H2,1H3. The third-order valence-corrected chi connectivity index (χ3v) is 4.28. The second-order valence-corrected chi connectivity index (χ2v) is 5.26. The number of halogens is 1. The number of rotatable bonds is 3. The van der Waals surface area contributed by atoms with Crippen molar-refractivity contribution in [3.8, 4) is 0 Å². The predicted molar refractivity (Wildman–Crippen MR) is 69.4 cm³/mol. The Bertz CT molecular complexity index is 370. The topological polar surface area (TPSA) is 38.0 Å². The van der Waals surface area contributed by atoms with Crippen molar-refractivity contribution in [3.05, 3.63) is 24.0 Å². The number of hydrogen-bond acceptors (Lipinski definition) is 3. The van der Waals surface area contributed by atoms with E-state index in [-0.39, 0.29) is 5.82 Å². The Hall–Kier alpha value is -0.900. The van der Waals surface area contributed by atoms with Crippen LogP contribution in [0.2, 0.25) is 0 Å². The summed E-state index contributed by atoms with van der Waals surface area (Å²) in [5, 5.41) is 4.07. The van der Waals surface area contributed by atoms with Crippen LogP contribution in [0.1, 0.15) is 19.3 Å². The fourth-order valence-electron chi connectivity index (χ4n) is 2.24. The van der Waals surface area contributed by atoms with Gasteiger partial charge in [-0.3, -0.25) is 0 Å². The zero-order valence-corrected chi connectivity index (χ0v) is 10.2. The van der Waals surface area contributed by atoms with Gasteiger partial charge in [-0.25, -0.2) is 4.39 Å². The molecule has 88 valence electrons. The molecule has 0 bridgehead atoms. The number of benzene rings is 1. The Labute approximate surface area is 99.8 Å². The molecule has 2 nitrogen and oxygen atoms in total. The van der Waals surface area contributed by atoms with E-state index in [1.807, 2.05) is 11.8 Å². The van der Waals surface area contributed by atoms with Gasteiger partial charge in [0.15, 0.2) is 0 Å². The molecule has 16 heavy (non-hydrogen) atoms. The van der Waals surface area contributed by atoms with Crippen LogP contribution in [0.25, 0.3) is 0 Å². The first kappa shape index (κ1) is 11.6. The molecule has 0 radical (unpaired) electrons. The summed E-state index contributed by atoms with van der Waals surface area (Å²) >= 11 is 1.89. The predicted octanol–water partition coefficient (Wildman–Crippen LogP) is 3.10. The fourth-order valence-corrected chi connectivity index (χ4v) is 3.17. The van der Waals surface area contributed by atoms with Crippen molar-refractivity contribution < 1.29 is 4.39 Å². The zero-order chi connectivity index (χ0) is 11.5. The van der Waals surface area contributed by atoms with E-state index in [9.17, 15) is 4.39 Å². The smallest absolute Gasteiger partial charge is 0.125 e. The van der Waals surface area contributed by atoms with Gasteiger partial charge in [0.1, 0.15) is 5.82 Å². The van der Waals surface area contributed by atoms with Crippen molar-refractivity contribution in [3.63, 3.8) is 0 Å². The summed E-state index contributed by atoms with van der Waals surface area (Å²) in [6.07, 6.45) is 5.81. The first-order valence-electron chi connectivity index (χ1n) is 5.55. The number of nitrogens with two attached hydrogens (primary N) is 1. The second-order valence-electron chi connectivity index (χ2n) is 4.19. The molecule has 0 spiro atoms. The van der Waals surface area contributed by atoms with E-state index in [0.717, 1.165) is 5.69 Å². The van der Waals surface area contributed by atoms with Crippen LogP contribution in [-0.2, 0) is 0 Å². The van der Waals surface area contributed by atoms with Gasteiger partial charge in [0, 0.05) is 11.3 Å². The van der Waals surface area contributed by atoms with Gasteiger partial charge in [-0.15, -0.1) is 0 Å². The Kier molecular flexibility index (Phi) is 3.59. The lowest BCUT2D eigenvalue weighted by Crippen LogP contribution is -2.26. The normalized spacial score (nSPS) is 24.6. The number of hydrogen-bond donors (Lipinski definition) is 2. The zero-order valence-electron chi connectivity index (χ0n) is 9.37. The Balaban J connectivity index is 2.08. The Morgan fingerprint density at radius 1 is 1.44 bits per heavy atom. The van der Waals surface area contributed by atoms with Crippen molar-refractivity contribution in [1.82, 2.24) is 0 Å². The molecule has 3 N–H and O–H groups in total. The third kappa shape index (κ3) is 2.43. The van der Waals surface area contributed by atoms with E-state index in [1.165, 1.54) is 31.4 Å². The van der Waals surface area contributed by atoms with Crippen LogP contribution in [0, 0.1) is 5.82 Å². The number of thioether (sulfide) groups is 1. The molecule has 0 saturated heterocycles. The molecule has 4 heteroatoms. The van der Waals surface area contributed by atoms with Gasteiger partial charge in [-0.1, -0.05) is 6.42 Å². The molecule has 0 aromatic heterocycles. The highest BCUT2D eigenvalue weighted by atomic mass is 32.2. The van der Waals surface area contributed by atoms with Gasteiger partial charge in [-0.2, -0.15) is 11.8 Å². The lowest BCUT2D eigenvalue weighted by atomic mass is 10.2. The number of nitrogen functional groups attached to an aromatic ring is 1. The lowest BCUT2D eigenvalue weighted by Gasteiger charge is -2.21. The van der Waals surface area contributed by atoms with E-state index in [2.05, 4.69) is 11.6 Å². The molecule has 2 atom stereocenters. The minimum Gasteiger partial charge on any atom is -0.397 e. The molecular formula is C12H17FN2S. The summed E-state index contributed by atoms with van der Waals surface area (Å²) in [5.41, 5.74) is 7.12. The van der Waals surface area contributed by atoms with Crippen LogP contribution in [-0.4, -0.2) is 17.5 Å². The van der Waals surface area contributed by atoms with Crippen LogP contribution in [0.15, 0.2) is 18.2 Å². The van der Waals surface area contributed by atoms with Gasteiger partial charge >= 0.3 is 0 Å². The van der Waals surface area contributed by atoms with Crippen LogP contribution >= 0.6 is 11.8 Å². The van der Waals surface area contributed by atoms with Crippen LogP contribution < -0.4 is 11.1 Å². The molecule has 1 fully saturated rings. The molecule has 1 aliphatic rings. The van der Waals surface area contributed by atoms with E-state index in [4.69, 9.17) is 5.73 Å². The van der Waals surface area contributed by atoms with Crippen molar-refractivity contribution in [2.75, 3.05) is 17.3 Å². The highest BCUT2D eigenvalue weighted by Crippen LogP contribution is 2.32. The quantitative estimate of drug-likeness (QED) is 0.797. The highest BCUT2D eigenvalue weighted by Gasteiger charge is 2.26. The average Bonchev–Trinajstić information content (AvgIpc) is 2.69. The van der Waals surface area contributed by atoms with Crippen LogP contribution in [0.5, 0.6) is 0 Å². The summed E-state index contributed by atoms with van der Waals surface area (Å²) in [6, 6.07) is 5.00. The summed E-state index contributed by atoms with van der Waals surface area (Å²) in [5.74, 6) is -0.282. The molecule has 1 saturated carbocycles. The van der Waals surface area contributed by atoms with E-state index in [0.29, 0.717) is 17.0 Å². The maximum atomic E-state index is 12.9. The largest absolute Gasteiger partial charge is 0.397 e.